The number of nitrogens with zero attached hydrogens (tertiary/aromatic N) is 1. The molecular formula is C19H26BrNO6S. The number of ether oxygens (including phenoxy) is 1. The van der Waals surface area contributed by atoms with Crippen LogP contribution in [0.25, 0.3) is 0 Å². The van der Waals surface area contributed by atoms with Crippen LogP contribution in [-0.4, -0.2) is 49.6 Å². The standard InChI is InChI=1S/C19H26BrNO6S/c1-13-11-16(3-4-17(13)20)19(23)6-8-21(9-7-19)28(24,25)27-18(22)15-5-10-26-14(2)12-15/h3-4,11,14-15,23H,5-10,12H2,1-2H3. The highest BCUT2D eigenvalue weighted by atomic mass is 79.9. The number of aliphatic hydroxyl groups is 1. The second-order valence-corrected chi connectivity index (χ2v) is 10.1. The van der Waals surface area contributed by atoms with Gasteiger partial charge in [0.2, 0.25) is 0 Å². The summed E-state index contributed by atoms with van der Waals surface area (Å²) in [5.74, 6) is -1.19. The van der Waals surface area contributed by atoms with Gasteiger partial charge in [-0.3, -0.25) is 4.79 Å². The number of halogens is 1. The second-order valence-electron chi connectivity index (χ2n) is 7.66. The molecule has 0 saturated carbocycles. The fourth-order valence-electron chi connectivity index (χ4n) is 3.74. The van der Waals surface area contributed by atoms with Crippen LogP contribution >= 0.6 is 15.9 Å². The van der Waals surface area contributed by atoms with E-state index < -0.39 is 27.8 Å². The maximum absolute atomic E-state index is 12.5. The van der Waals surface area contributed by atoms with Gasteiger partial charge in [0.05, 0.1) is 17.6 Å². The molecular weight excluding hydrogens is 450 g/mol. The molecule has 9 heteroatoms. The predicted octanol–water partition coefficient (Wildman–Crippen LogP) is 2.64. The van der Waals surface area contributed by atoms with Gasteiger partial charge in [0.1, 0.15) is 0 Å². The van der Waals surface area contributed by atoms with Gasteiger partial charge in [-0.1, -0.05) is 28.1 Å². The highest BCUT2D eigenvalue weighted by Crippen LogP contribution is 2.35. The van der Waals surface area contributed by atoms with Crippen molar-refractivity contribution in [2.24, 2.45) is 5.92 Å². The van der Waals surface area contributed by atoms with Crippen LogP contribution in [0.5, 0.6) is 0 Å². The number of rotatable bonds is 4. The van der Waals surface area contributed by atoms with Crippen LogP contribution in [0.2, 0.25) is 0 Å². The van der Waals surface area contributed by atoms with E-state index in [1.807, 2.05) is 32.0 Å². The van der Waals surface area contributed by atoms with Crippen LogP contribution in [0.4, 0.5) is 0 Å². The molecule has 2 aliphatic rings. The van der Waals surface area contributed by atoms with Crippen LogP contribution in [0.15, 0.2) is 22.7 Å². The van der Waals surface area contributed by atoms with Crippen LogP contribution < -0.4 is 0 Å². The molecule has 1 aromatic carbocycles. The molecule has 2 saturated heterocycles. The Kier molecular flexibility index (Phi) is 6.51. The van der Waals surface area contributed by atoms with E-state index in [4.69, 9.17) is 8.92 Å². The van der Waals surface area contributed by atoms with Crippen molar-refractivity contribution in [1.29, 1.82) is 0 Å². The van der Waals surface area contributed by atoms with Crippen molar-refractivity contribution in [2.75, 3.05) is 19.7 Å². The minimum Gasteiger partial charge on any atom is -0.385 e. The molecule has 2 heterocycles. The van der Waals surface area contributed by atoms with E-state index in [0.29, 0.717) is 19.4 Å². The first-order valence-corrected chi connectivity index (χ1v) is 11.6. The first kappa shape index (κ1) is 21.7. The van der Waals surface area contributed by atoms with E-state index in [1.54, 1.807) is 0 Å². The smallest absolute Gasteiger partial charge is 0.385 e. The quantitative estimate of drug-likeness (QED) is 0.719. The van der Waals surface area contributed by atoms with Crippen molar-refractivity contribution in [3.63, 3.8) is 0 Å². The SMILES string of the molecule is Cc1cc(C2(O)CCN(S(=O)(=O)OC(=O)C3CCOC(C)C3)CC2)ccc1Br. The van der Waals surface area contributed by atoms with Crippen LogP contribution in [0.1, 0.15) is 43.7 Å². The molecule has 1 N–H and O–H groups in total. The lowest BCUT2D eigenvalue weighted by Crippen LogP contribution is -2.46. The molecule has 3 rings (SSSR count). The Balaban J connectivity index is 1.62. The molecule has 156 valence electrons. The number of carbonyl (C=O) groups excluding carboxylic acids is 1. The third-order valence-electron chi connectivity index (χ3n) is 5.57. The summed E-state index contributed by atoms with van der Waals surface area (Å²) < 4.78 is 37.4. The van der Waals surface area contributed by atoms with Gasteiger partial charge in [0.15, 0.2) is 0 Å². The van der Waals surface area contributed by atoms with Gasteiger partial charge in [-0.2, -0.15) is 12.7 Å². The summed E-state index contributed by atoms with van der Waals surface area (Å²) in [6, 6.07) is 5.62. The summed E-state index contributed by atoms with van der Waals surface area (Å²) in [5.41, 5.74) is 0.663. The average Bonchev–Trinajstić information content (AvgIpc) is 2.64. The van der Waals surface area contributed by atoms with Gasteiger partial charge in [-0.15, -0.1) is 0 Å². The number of benzene rings is 1. The normalized spacial score (nSPS) is 26.0. The Bertz CT molecular complexity index is 835. The van der Waals surface area contributed by atoms with Crippen molar-refractivity contribution in [3.05, 3.63) is 33.8 Å². The molecule has 2 fully saturated rings. The number of aryl methyl sites for hydroxylation is 1. The summed E-state index contributed by atoms with van der Waals surface area (Å²) >= 11 is 3.44. The zero-order chi connectivity index (χ0) is 20.5. The largest absolute Gasteiger partial charge is 0.387 e. The number of carbonyl (C=O) groups is 1. The van der Waals surface area contributed by atoms with Crippen molar-refractivity contribution in [2.45, 2.75) is 51.2 Å². The summed E-state index contributed by atoms with van der Waals surface area (Å²) in [4.78, 5) is 12.3. The topological polar surface area (TPSA) is 93.1 Å². The Morgan fingerprint density at radius 2 is 2.04 bits per heavy atom. The highest BCUT2D eigenvalue weighted by molar-refractivity contribution is 9.10. The molecule has 1 aromatic rings. The Morgan fingerprint density at radius 1 is 1.36 bits per heavy atom. The predicted molar refractivity (Wildman–Crippen MR) is 107 cm³/mol. The number of hydrogen-bond donors (Lipinski definition) is 1. The van der Waals surface area contributed by atoms with Gasteiger partial charge in [0.25, 0.3) is 0 Å². The fraction of sp³-hybridized carbons (Fsp3) is 0.632. The summed E-state index contributed by atoms with van der Waals surface area (Å²) in [6.45, 7) is 4.39. The lowest BCUT2D eigenvalue weighted by atomic mass is 9.84. The molecule has 28 heavy (non-hydrogen) atoms. The Hall–Kier alpha value is -1.00. The van der Waals surface area contributed by atoms with Crippen LogP contribution in [-0.2, 0) is 29.6 Å². The third kappa shape index (κ3) is 4.76. The van der Waals surface area contributed by atoms with E-state index in [-0.39, 0.29) is 32.0 Å². The van der Waals surface area contributed by atoms with E-state index in [0.717, 1.165) is 19.9 Å². The van der Waals surface area contributed by atoms with Crippen molar-refractivity contribution >= 4 is 32.2 Å². The van der Waals surface area contributed by atoms with Gasteiger partial charge in [-0.25, -0.2) is 0 Å². The number of piperidine rings is 1. The zero-order valence-corrected chi connectivity index (χ0v) is 18.5. The first-order valence-electron chi connectivity index (χ1n) is 9.45. The summed E-state index contributed by atoms with van der Waals surface area (Å²) in [7, 11) is -4.17. The van der Waals surface area contributed by atoms with Gasteiger partial charge < -0.3 is 14.0 Å². The zero-order valence-electron chi connectivity index (χ0n) is 16.1. The minimum absolute atomic E-state index is 0.0887. The lowest BCUT2D eigenvalue weighted by Gasteiger charge is -2.37. The van der Waals surface area contributed by atoms with E-state index in [2.05, 4.69) is 15.9 Å². The number of hydrogen-bond acceptors (Lipinski definition) is 6. The maximum atomic E-state index is 12.5. The van der Waals surface area contributed by atoms with Crippen LogP contribution in [0, 0.1) is 12.8 Å². The average molecular weight is 476 g/mol. The molecule has 0 amide bonds. The van der Waals surface area contributed by atoms with Gasteiger partial charge in [0, 0.05) is 24.2 Å². The molecule has 0 aromatic heterocycles. The molecule has 2 unspecified atom stereocenters. The lowest BCUT2D eigenvalue weighted by molar-refractivity contribution is -0.143. The monoisotopic (exact) mass is 475 g/mol. The molecule has 0 aliphatic carbocycles. The first-order chi connectivity index (χ1) is 13.1. The molecule has 2 atom stereocenters. The molecule has 0 spiro atoms. The van der Waals surface area contributed by atoms with E-state index >= 15 is 0 Å². The fourth-order valence-corrected chi connectivity index (χ4v) is 5.06. The third-order valence-corrected chi connectivity index (χ3v) is 7.83. The molecule has 7 nitrogen and oxygen atoms in total. The minimum atomic E-state index is -4.17. The van der Waals surface area contributed by atoms with Gasteiger partial charge >= 0.3 is 16.3 Å². The van der Waals surface area contributed by atoms with Crippen molar-refractivity contribution in [3.8, 4) is 0 Å². The Morgan fingerprint density at radius 3 is 2.64 bits per heavy atom. The molecule has 0 bridgehead atoms. The molecule has 0 radical (unpaired) electrons. The second kappa shape index (κ2) is 8.39. The summed E-state index contributed by atoms with van der Waals surface area (Å²) in [6.07, 6.45) is 1.30. The van der Waals surface area contributed by atoms with E-state index in [1.165, 1.54) is 0 Å². The van der Waals surface area contributed by atoms with Gasteiger partial charge in [-0.05, 0) is 56.7 Å². The van der Waals surface area contributed by atoms with E-state index in [9.17, 15) is 18.3 Å². The summed E-state index contributed by atoms with van der Waals surface area (Å²) in [5, 5.41) is 11.0. The highest BCUT2D eigenvalue weighted by Gasteiger charge is 2.40. The molecule has 2 aliphatic heterocycles. The van der Waals surface area contributed by atoms with Crippen LogP contribution in [0.3, 0.4) is 0 Å². The van der Waals surface area contributed by atoms with Crippen molar-refractivity contribution in [1.82, 2.24) is 4.31 Å². The van der Waals surface area contributed by atoms with Crippen molar-refractivity contribution < 1.29 is 27.2 Å². The Labute approximate surface area is 174 Å². The maximum Gasteiger partial charge on any atom is 0.387 e.